The lowest BCUT2D eigenvalue weighted by atomic mass is 10.1. The molecule has 1 aromatic heterocycles. The second-order valence-electron chi connectivity index (χ2n) is 2.90. The van der Waals surface area contributed by atoms with Crippen molar-refractivity contribution in [2.24, 2.45) is 0 Å². The number of nitrogen functional groups attached to an aromatic ring is 1. The molecule has 68 valence electrons. The summed E-state index contributed by atoms with van der Waals surface area (Å²) in [5.41, 5.74) is 8.68. The molecule has 2 rings (SSSR count). The molecule has 0 aliphatic rings. The van der Waals surface area contributed by atoms with Gasteiger partial charge in [0.1, 0.15) is 0 Å². The van der Waals surface area contributed by atoms with Crippen molar-refractivity contribution in [3.8, 4) is 0 Å². The van der Waals surface area contributed by atoms with E-state index in [2.05, 4.69) is 4.98 Å². The molecular weight excluding hydrogens is 184 g/mol. The number of aryl methyl sites for hydroxylation is 1. The van der Waals surface area contributed by atoms with Crippen LogP contribution in [0.4, 0.5) is 5.69 Å². The number of halogens is 1. The molecule has 0 bridgehead atoms. The van der Waals surface area contributed by atoms with Gasteiger partial charge in [-0.15, -0.1) is 12.4 Å². The number of hydrogen-bond donors (Lipinski definition) is 1. The highest BCUT2D eigenvalue weighted by molar-refractivity contribution is 5.85. The van der Waals surface area contributed by atoms with Gasteiger partial charge in [0.15, 0.2) is 0 Å². The van der Waals surface area contributed by atoms with Crippen LogP contribution in [0.1, 0.15) is 5.56 Å². The number of nitrogens with two attached hydrogens (primary N) is 1. The van der Waals surface area contributed by atoms with Crippen LogP contribution >= 0.6 is 12.4 Å². The van der Waals surface area contributed by atoms with Crippen molar-refractivity contribution in [2.75, 3.05) is 5.73 Å². The van der Waals surface area contributed by atoms with Crippen molar-refractivity contribution in [2.45, 2.75) is 6.92 Å². The zero-order valence-corrected chi connectivity index (χ0v) is 8.14. The van der Waals surface area contributed by atoms with Crippen LogP contribution in [0, 0.1) is 6.92 Å². The van der Waals surface area contributed by atoms with Crippen LogP contribution < -0.4 is 5.73 Å². The van der Waals surface area contributed by atoms with E-state index in [1.54, 1.807) is 6.20 Å². The van der Waals surface area contributed by atoms with E-state index in [1.807, 2.05) is 31.2 Å². The highest BCUT2D eigenvalue weighted by Gasteiger charge is 1.96. The Labute approximate surface area is 83.2 Å². The predicted octanol–water partition coefficient (Wildman–Crippen LogP) is 2.55. The van der Waals surface area contributed by atoms with E-state index in [9.17, 15) is 0 Å². The highest BCUT2D eigenvalue weighted by Crippen LogP contribution is 2.18. The highest BCUT2D eigenvalue weighted by atomic mass is 35.5. The fraction of sp³-hybridized carbons (Fsp3) is 0.100. The van der Waals surface area contributed by atoms with Crippen LogP contribution in [-0.2, 0) is 0 Å². The van der Waals surface area contributed by atoms with Crippen LogP contribution in [0.15, 0.2) is 30.5 Å². The minimum Gasteiger partial charge on any atom is -0.398 e. The maximum absolute atomic E-state index is 5.76. The molecule has 0 unspecified atom stereocenters. The number of aromatic nitrogens is 1. The standard InChI is InChI=1S/C10H10N2.ClH/c1-7-5-10-8(6-9(7)11)3-2-4-12-10;/h2-6H,11H2,1H3;1H. The molecule has 0 aliphatic heterocycles. The number of benzene rings is 1. The lowest BCUT2D eigenvalue weighted by Crippen LogP contribution is -1.89. The molecule has 0 fully saturated rings. The SMILES string of the molecule is Cc1cc2ncccc2cc1N.Cl. The average Bonchev–Trinajstić information content (AvgIpc) is 2.07. The fourth-order valence-electron chi connectivity index (χ4n) is 1.24. The Morgan fingerprint density at radius 2 is 2.08 bits per heavy atom. The van der Waals surface area contributed by atoms with E-state index >= 15 is 0 Å². The van der Waals surface area contributed by atoms with Crippen molar-refractivity contribution < 1.29 is 0 Å². The molecular formula is C10H11ClN2. The maximum Gasteiger partial charge on any atom is 0.0706 e. The largest absolute Gasteiger partial charge is 0.398 e. The van der Waals surface area contributed by atoms with E-state index in [4.69, 9.17) is 5.73 Å². The Hall–Kier alpha value is -1.28. The summed E-state index contributed by atoms with van der Waals surface area (Å²) in [4.78, 5) is 4.23. The first-order valence-corrected chi connectivity index (χ1v) is 3.88. The zero-order chi connectivity index (χ0) is 8.55. The first-order valence-electron chi connectivity index (χ1n) is 3.88. The third kappa shape index (κ3) is 1.73. The van der Waals surface area contributed by atoms with Gasteiger partial charge in [-0.05, 0) is 30.7 Å². The maximum atomic E-state index is 5.76. The van der Waals surface area contributed by atoms with Crippen LogP contribution in [0.3, 0.4) is 0 Å². The molecule has 0 radical (unpaired) electrons. The Bertz CT molecular complexity index is 386. The van der Waals surface area contributed by atoms with Crippen LogP contribution in [0.2, 0.25) is 0 Å². The predicted molar refractivity (Wildman–Crippen MR) is 58.1 cm³/mol. The second-order valence-corrected chi connectivity index (χ2v) is 2.90. The molecule has 0 amide bonds. The van der Waals surface area contributed by atoms with Crippen LogP contribution in [-0.4, -0.2) is 4.98 Å². The molecule has 1 aromatic carbocycles. The van der Waals surface area contributed by atoms with Gasteiger partial charge in [0.05, 0.1) is 5.52 Å². The zero-order valence-electron chi connectivity index (χ0n) is 7.32. The van der Waals surface area contributed by atoms with Gasteiger partial charge < -0.3 is 5.73 Å². The van der Waals surface area contributed by atoms with Crippen molar-refractivity contribution in [1.82, 2.24) is 4.98 Å². The fourth-order valence-corrected chi connectivity index (χ4v) is 1.24. The van der Waals surface area contributed by atoms with Crippen molar-refractivity contribution in [1.29, 1.82) is 0 Å². The number of nitrogens with zero attached hydrogens (tertiary/aromatic N) is 1. The number of rotatable bonds is 0. The van der Waals surface area contributed by atoms with Crippen molar-refractivity contribution in [3.05, 3.63) is 36.0 Å². The van der Waals surface area contributed by atoms with E-state index in [0.29, 0.717) is 0 Å². The topological polar surface area (TPSA) is 38.9 Å². The van der Waals surface area contributed by atoms with E-state index in [0.717, 1.165) is 22.2 Å². The number of pyridine rings is 1. The third-order valence-electron chi connectivity index (χ3n) is 1.99. The summed E-state index contributed by atoms with van der Waals surface area (Å²) in [6, 6.07) is 7.89. The molecule has 1 heterocycles. The summed E-state index contributed by atoms with van der Waals surface area (Å²) in [6.07, 6.45) is 1.79. The molecule has 2 aromatic rings. The van der Waals surface area contributed by atoms with Gasteiger partial charge in [0.2, 0.25) is 0 Å². The summed E-state index contributed by atoms with van der Waals surface area (Å²) in [5.74, 6) is 0. The van der Waals surface area contributed by atoms with E-state index in [-0.39, 0.29) is 12.4 Å². The summed E-state index contributed by atoms with van der Waals surface area (Å²) in [6.45, 7) is 1.99. The minimum atomic E-state index is 0. The van der Waals surface area contributed by atoms with Gasteiger partial charge in [-0.25, -0.2) is 0 Å². The Morgan fingerprint density at radius 3 is 2.85 bits per heavy atom. The molecule has 2 N–H and O–H groups in total. The lowest BCUT2D eigenvalue weighted by molar-refractivity contribution is 1.39. The lowest BCUT2D eigenvalue weighted by Gasteiger charge is -2.01. The molecule has 0 saturated carbocycles. The first kappa shape index (κ1) is 9.81. The van der Waals surface area contributed by atoms with Crippen molar-refractivity contribution >= 4 is 29.0 Å². The Balaban J connectivity index is 0.000000845. The van der Waals surface area contributed by atoms with Gasteiger partial charge in [-0.3, -0.25) is 4.98 Å². The van der Waals surface area contributed by atoms with Crippen molar-refractivity contribution in [3.63, 3.8) is 0 Å². The van der Waals surface area contributed by atoms with E-state index < -0.39 is 0 Å². The van der Waals surface area contributed by atoms with Crippen LogP contribution in [0.5, 0.6) is 0 Å². The molecule has 0 aliphatic carbocycles. The quantitative estimate of drug-likeness (QED) is 0.655. The normalized spacial score (nSPS) is 9.62. The van der Waals surface area contributed by atoms with Gasteiger partial charge in [-0.2, -0.15) is 0 Å². The summed E-state index contributed by atoms with van der Waals surface area (Å²) >= 11 is 0. The summed E-state index contributed by atoms with van der Waals surface area (Å²) in [5, 5.41) is 1.10. The number of anilines is 1. The monoisotopic (exact) mass is 194 g/mol. The minimum absolute atomic E-state index is 0. The van der Waals surface area contributed by atoms with Gasteiger partial charge >= 0.3 is 0 Å². The van der Waals surface area contributed by atoms with Crippen LogP contribution in [0.25, 0.3) is 10.9 Å². The molecule has 0 atom stereocenters. The Morgan fingerprint density at radius 1 is 1.31 bits per heavy atom. The number of fused-ring (bicyclic) bond motifs is 1. The smallest absolute Gasteiger partial charge is 0.0706 e. The van der Waals surface area contributed by atoms with E-state index in [1.165, 1.54) is 0 Å². The molecule has 0 saturated heterocycles. The third-order valence-corrected chi connectivity index (χ3v) is 1.99. The second kappa shape index (κ2) is 3.62. The number of hydrogen-bond acceptors (Lipinski definition) is 2. The molecule has 2 nitrogen and oxygen atoms in total. The molecule has 3 heteroatoms. The first-order chi connectivity index (χ1) is 5.77. The summed E-state index contributed by atoms with van der Waals surface area (Å²) < 4.78 is 0. The average molecular weight is 195 g/mol. The molecule has 0 spiro atoms. The van der Waals surface area contributed by atoms with Gasteiger partial charge in [-0.1, -0.05) is 6.07 Å². The summed E-state index contributed by atoms with van der Waals surface area (Å²) in [7, 11) is 0. The Kier molecular flexibility index (Phi) is 2.73. The van der Waals surface area contributed by atoms with Gasteiger partial charge in [0, 0.05) is 17.3 Å². The molecule has 13 heavy (non-hydrogen) atoms. The van der Waals surface area contributed by atoms with Gasteiger partial charge in [0.25, 0.3) is 0 Å².